The lowest BCUT2D eigenvalue weighted by atomic mass is 10.2. The summed E-state index contributed by atoms with van der Waals surface area (Å²) in [7, 11) is 2.78. The summed E-state index contributed by atoms with van der Waals surface area (Å²) in [5, 5.41) is 3.99. The molecule has 2 rings (SSSR count). The standard InChI is InChI=1S/C21H23IN2O6/c1-4-9-29-16-7-5-15(6-8-16)21(26)24-23-12-14-10-17(22)20(18(11-14)27-2)30-13-19(25)28-3/h5-8,10-12H,4,9,13H2,1-3H3,(H,24,26)/b23-12-. The van der Waals surface area contributed by atoms with Gasteiger partial charge < -0.3 is 18.9 Å². The van der Waals surface area contributed by atoms with E-state index >= 15 is 0 Å². The van der Waals surface area contributed by atoms with E-state index in [1.807, 2.05) is 6.92 Å². The predicted octanol–water partition coefficient (Wildman–Crippen LogP) is 3.40. The SMILES string of the molecule is CCCOc1ccc(C(=O)N/N=C\c2cc(I)c(OCC(=O)OC)c(OC)c2)cc1. The minimum absolute atomic E-state index is 0.228. The van der Waals surface area contributed by atoms with E-state index < -0.39 is 5.97 Å². The van der Waals surface area contributed by atoms with Gasteiger partial charge in [-0.2, -0.15) is 5.10 Å². The van der Waals surface area contributed by atoms with Crippen LogP contribution in [0.2, 0.25) is 0 Å². The zero-order valence-electron chi connectivity index (χ0n) is 16.9. The van der Waals surface area contributed by atoms with E-state index in [2.05, 4.69) is 37.9 Å². The number of benzene rings is 2. The van der Waals surface area contributed by atoms with Crippen molar-refractivity contribution in [3.05, 3.63) is 51.1 Å². The lowest BCUT2D eigenvalue weighted by molar-refractivity contribution is -0.142. The molecule has 0 fully saturated rings. The van der Waals surface area contributed by atoms with E-state index in [4.69, 9.17) is 14.2 Å². The summed E-state index contributed by atoms with van der Waals surface area (Å²) in [4.78, 5) is 23.5. The van der Waals surface area contributed by atoms with E-state index in [0.29, 0.717) is 38.6 Å². The third-order valence-electron chi connectivity index (χ3n) is 3.78. The fraction of sp³-hybridized carbons (Fsp3) is 0.286. The number of rotatable bonds is 10. The van der Waals surface area contributed by atoms with Crippen LogP contribution in [0, 0.1) is 3.57 Å². The first-order valence-electron chi connectivity index (χ1n) is 9.11. The molecule has 1 N–H and O–H groups in total. The summed E-state index contributed by atoms with van der Waals surface area (Å²) in [6.07, 6.45) is 2.41. The van der Waals surface area contributed by atoms with Crippen molar-refractivity contribution >= 4 is 40.7 Å². The molecule has 0 aliphatic heterocycles. The van der Waals surface area contributed by atoms with E-state index in [0.717, 1.165) is 6.42 Å². The van der Waals surface area contributed by atoms with Crippen molar-refractivity contribution in [2.24, 2.45) is 5.10 Å². The molecule has 2 aromatic carbocycles. The lowest BCUT2D eigenvalue weighted by Gasteiger charge is -2.12. The number of methoxy groups -OCH3 is 2. The molecule has 0 aliphatic carbocycles. The molecule has 0 aromatic heterocycles. The topological polar surface area (TPSA) is 95.5 Å². The van der Waals surface area contributed by atoms with Crippen LogP contribution in [0.25, 0.3) is 0 Å². The number of hydrogen-bond acceptors (Lipinski definition) is 7. The van der Waals surface area contributed by atoms with Gasteiger partial charge >= 0.3 is 5.97 Å². The van der Waals surface area contributed by atoms with Gasteiger partial charge in [0.1, 0.15) is 5.75 Å². The molecule has 9 heteroatoms. The minimum atomic E-state index is -0.494. The fourth-order valence-corrected chi connectivity index (χ4v) is 3.08. The maximum atomic E-state index is 12.2. The first-order chi connectivity index (χ1) is 14.5. The molecule has 0 bridgehead atoms. The number of amides is 1. The Hall–Kier alpha value is -2.82. The van der Waals surface area contributed by atoms with Crippen LogP contribution in [0.15, 0.2) is 41.5 Å². The zero-order valence-corrected chi connectivity index (χ0v) is 19.1. The van der Waals surface area contributed by atoms with Gasteiger partial charge in [0.25, 0.3) is 5.91 Å². The van der Waals surface area contributed by atoms with Gasteiger partial charge in [0.15, 0.2) is 18.1 Å². The van der Waals surface area contributed by atoms with Gasteiger partial charge in [0.2, 0.25) is 0 Å². The summed E-state index contributed by atoms with van der Waals surface area (Å²) < 4.78 is 21.6. The molecule has 0 heterocycles. The van der Waals surface area contributed by atoms with Crippen molar-refractivity contribution in [3.8, 4) is 17.2 Å². The van der Waals surface area contributed by atoms with Crippen LogP contribution >= 0.6 is 22.6 Å². The minimum Gasteiger partial charge on any atom is -0.494 e. The van der Waals surface area contributed by atoms with E-state index in [9.17, 15) is 9.59 Å². The smallest absolute Gasteiger partial charge is 0.343 e. The Morgan fingerprint density at radius 3 is 2.50 bits per heavy atom. The van der Waals surface area contributed by atoms with Crippen molar-refractivity contribution in [3.63, 3.8) is 0 Å². The predicted molar refractivity (Wildman–Crippen MR) is 121 cm³/mol. The summed E-state index contributed by atoms with van der Waals surface area (Å²) in [6.45, 7) is 2.43. The molecule has 0 radical (unpaired) electrons. The van der Waals surface area contributed by atoms with Crippen molar-refractivity contribution in [2.75, 3.05) is 27.4 Å². The van der Waals surface area contributed by atoms with Gasteiger partial charge in [0, 0.05) is 5.56 Å². The van der Waals surface area contributed by atoms with Gasteiger partial charge in [-0.15, -0.1) is 0 Å². The molecule has 30 heavy (non-hydrogen) atoms. The number of nitrogens with zero attached hydrogens (tertiary/aromatic N) is 1. The highest BCUT2D eigenvalue weighted by atomic mass is 127. The quantitative estimate of drug-likeness (QED) is 0.221. The number of halogens is 1. The first-order valence-corrected chi connectivity index (χ1v) is 10.2. The number of nitrogens with one attached hydrogen (secondary N) is 1. The Morgan fingerprint density at radius 2 is 1.87 bits per heavy atom. The molecule has 160 valence electrons. The van der Waals surface area contributed by atoms with Crippen LogP contribution in [0.3, 0.4) is 0 Å². The largest absolute Gasteiger partial charge is 0.494 e. The molecule has 0 unspecified atom stereocenters. The van der Waals surface area contributed by atoms with Crippen LogP contribution in [0.1, 0.15) is 29.3 Å². The molecule has 0 saturated heterocycles. The van der Waals surface area contributed by atoms with E-state index in [-0.39, 0.29) is 12.5 Å². The van der Waals surface area contributed by atoms with Crippen molar-refractivity contribution in [2.45, 2.75) is 13.3 Å². The normalized spacial score (nSPS) is 10.5. The summed E-state index contributed by atoms with van der Waals surface area (Å²) >= 11 is 2.06. The van der Waals surface area contributed by atoms with Crippen LogP contribution in [-0.2, 0) is 9.53 Å². The molecular weight excluding hydrogens is 503 g/mol. The van der Waals surface area contributed by atoms with Crippen LogP contribution in [-0.4, -0.2) is 45.5 Å². The highest BCUT2D eigenvalue weighted by molar-refractivity contribution is 14.1. The second-order valence-corrected chi connectivity index (χ2v) is 7.13. The first kappa shape index (κ1) is 23.5. The lowest BCUT2D eigenvalue weighted by Crippen LogP contribution is -2.17. The number of hydrogen-bond donors (Lipinski definition) is 1. The number of hydrazone groups is 1. The third kappa shape index (κ3) is 6.90. The molecule has 1 amide bonds. The maximum Gasteiger partial charge on any atom is 0.343 e. The molecule has 0 spiro atoms. The van der Waals surface area contributed by atoms with Gasteiger partial charge in [-0.25, -0.2) is 10.2 Å². The van der Waals surface area contributed by atoms with Gasteiger partial charge in [-0.1, -0.05) is 6.92 Å². The van der Waals surface area contributed by atoms with E-state index in [1.54, 1.807) is 36.4 Å². The van der Waals surface area contributed by atoms with Gasteiger partial charge in [0.05, 0.1) is 30.6 Å². The van der Waals surface area contributed by atoms with Crippen molar-refractivity contribution in [1.29, 1.82) is 0 Å². The van der Waals surface area contributed by atoms with E-state index in [1.165, 1.54) is 20.4 Å². The van der Waals surface area contributed by atoms with Crippen LogP contribution in [0.5, 0.6) is 17.2 Å². The molecule has 0 atom stereocenters. The molecule has 2 aromatic rings. The summed E-state index contributed by atoms with van der Waals surface area (Å²) in [5.74, 6) is 0.739. The Bertz CT molecular complexity index is 899. The fourth-order valence-electron chi connectivity index (χ4n) is 2.30. The third-order valence-corrected chi connectivity index (χ3v) is 4.58. The Labute approximate surface area is 188 Å². The number of carbonyl (C=O) groups excluding carboxylic acids is 2. The van der Waals surface area contributed by atoms with Gasteiger partial charge in [-0.3, -0.25) is 4.79 Å². The Balaban J connectivity index is 2.02. The number of carbonyl (C=O) groups is 2. The van der Waals surface area contributed by atoms with Gasteiger partial charge in [-0.05, 0) is 71.0 Å². The Kier molecular flexibility index (Phi) is 9.39. The van der Waals surface area contributed by atoms with Crippen LogP contribution < -0.4 is 19.6 Å². The average molecular weight is 526 g/mol. The number of esters is 1. The van der Waals surface area contributed by atoms with Crippen molar-refractivity contribution < 1.29 is 28.5 Å². The zero-order chi connectivity index (χ0) is 21.9. The average Bonchev–Trinajstić information content (AvgIpc) is 2.76. The second kappa shape index (κ2) is 12.0. The monoisotopic (exact) mass is 526 g/mol. The second-order valence-electron chi connectivity index (χ2n) is 5.97. The molecular formula is C21H23IN2O6. The van der Waals surface area contributed by atoms with Crippen molar-refractivity contribution in [1.82, 2.24) is 5.43 Å². The highest BCUT2D eigenvalue weighted by Crippen LogP contribution is 2.33. The highest BCUT2D eigenvalue weighted by Gasteiger charge is 2.13. The summed E-state index contributed by atoms with van der Waals surface area (Å²) in [5.41, 5.74) is 3.64. The molecule has 0 saturated carbocycles. The maximum absolute atomic E-state index is 12.2. The number of ether oxygens (including phenoxy) is 4. The Morgan fingerprint density at radius 1 is 1.13 bits per heavy atom. The summed E-state index contributed by atoms with van der Waals surface area (Å²) in [6, 6.07) is 10.3. The molecule has 8 nitrogen and oxygen atoms in total. The van der Waals surface area contributed by atoms with Crippen LogP contribution in [0.4, 0.5) is 0 Å². The molecule has 0 aliphatic rings.